The molecule has 0 aliphatic heterocycles. The molecular weight excluding hydrogens is 378 g/mol. The summed E-state index contributed by atoms with van der Waals surface area (Å²) in [4.78, 5) is 24.4. The molecule has 6 N–H and O–H groups in total. The number of halogens is 1. The van der Waals surface area contributed by atoms with Crippen LogP contribution in [0.4, 0.5) is 5.69 Å². The molecule has 2 heterocycles. The average Bonchev–Trinajstić information content (AvgIpc) is 3.10. The molecule has 0 atom stereocenters. The van der Waals surface area contributed by atoms with Crippen LogP contribution in [-0.4, -0.2) is 45.7 Å². The van der Waals surface area contributed by atoms with Crippen LogP contribution in [0.25, 0.3) is 11.2 Å². The molecule has 3 rings (SSSR count). The van der Waals surface area contributed by atoms with E-state index < -0.39 is 5.54 Å². The van der Waals surface area contributed by atoms with E-state index in [1.165, 1.54) is 6.20 Å². The third-order valence-corrected chi connectivity index (χ3v) is 4.60. The van der Waals surface area contributed by atoms with Crippen molar-refractivity contribution in [2.75, 3.05) is 18.9 Å². The summed E-state index contributed by atoms with van der Waals surface area (Å²) in [6.45, 7) is 3.98. The van der Waals surface area contributed by atoms with E-state index in [1.54, 1.807) is 31.4 Å². The first-order valence-electron chi connectivity index (χ1n) is 8.69. The summed E-state index contributed by atoms with van der Waals surface area (Å²) in [6.07, 6.45) is 3.06. The zero-order chi connectivity index (χ0) is 20.5. The third-order valence-electron chi connectivity index (χ3n) is 4.36. The number of nitrogens with zero attached hydrogens (tertiary/aromatic N) is 2. The van der Waals surface area contributed by atoms with Gasteiger partial charge in [0.05, 0.1) is 17.5 Å². The van der Waals surface area contributed by atoms with E-state index in [2.05, 4.69) is 25.6 Å². The quantitative estimate of drug-likeness (QED) is 0.406. The second-order valence-electron chi connectivity index (χ2n) is 7.01. The number of carbonyl (C=O) groups excluding carboxylic acids is 1. The van der Waals surface area contributed by atoms with Gasteiger partial charge in [-0.05, 0) is 32.0 Å². The maximum atomic E-state index is 12.7. The van der Waals surface area contributed by atoms with Crippen molar-refractivity contribution in [1.82, 2.24) is 20.3 Å². The lowest BCUT2D eigenvalue weighted by molar-refractivity contribution is 0.0917. The van der Waals surface area contributed by atoms with Gasteiger partial charge < -0.3 is 21.4 Å². The van der Waals surface area contributed by atoms with Crippen LogP contribution >= 0.6 is 11.6 Å². The fourth-order valence-electron chi connectivity index (χ4n) is 2.69. The summed E-state index contributed by atoms with van der Waals surface area (Å²) in [5.41, 5.74) is 8.21. The summed E-state index contributed by atoms with van der Waals surface area (Å²) in [7, 11) is 1.76. The summed E-state index contributed by atoms with van der Waals surface area (Å²) >= 11 is 6.03. The molecule has 0 spiro atoms. The molecule has 0 radical (unpaired) electrons. The average molecular weight is 400 g/mol. The Morgan fingerprint density at radius 3 is 2.79 bits per heavy atom. The number of aromatic nitrogens is 3. The highest BCUT2D eigenvalue weighted by Gasteiger charge is 2.23. The van der Waals surface area contributed by atoms with Gasteiger partial charge in [0.2, 0.25) is 0 Å². The number of nitrogens with two attached hydrogens (primary N) is 1. The smallest absolute Gasteiger partial charge is 0.255 e. The molecule has 0 bridgehead atoms. The Kier molecular flexibility index (Phi) is 5.35. The number of anilines is 1. The number of carbonyl (C=O) groups is 1. The van der Waals surface area contributed by atoms with E-state index >= 15 is 0 Å². The summed E-state index contributed by atoms with van der Waals surface area (Å²) in [5, 5.41) is 15.0. The number of benzene rings is 1. The molecule has 0 saturated carbocycles. The van der Waals surface area contributed by atoms with Crippen molar-refractivity contribution < 1.29 is 4.79 Å². The van der Waals surface area contributed by atoms with E-state index in [9.17, 15) is 4.79 Å². The van der Waals surface area contributed by atoms with E-state index in [4.69, 9.17) is 22.7 Å². The molecule has 1 aromatic carbocycles. The molecular formula is C19H22ClN7O. The third kappa shape index (κ3) is 3.83. The molecule has 8 nitrogen and oxygen atoms in total. The maximum absolute atomic E-state index is 12.7. The van der Waals surface area contributed by atoms with Crippen molar-refractivity contribution in [2.24, 2.45) is 5.73 Å². The van der Waals surface area contributed by atoms with Gasteiger partial charge in [-0.3, -0.25) is 10.2 Å². The molecule has 2 aromatic heterocycles. The van der Waals surface area contributed by atoms with Gasteiger partial charge in [0.1, 0.15) is 11.2 Å². The zero-order valence-corrected chi connectivity index (χ0v) is 16.6. The Morgan fingerprint density at radius 1 is 1.36 bits per heavy atom. The van der Waals surface area contributed by atoms with E-state index in [1.807, 2.05) is 13.8 Å². The van der Waals surface area contributed by atoms with Gasteiger partial charge >= 0.3 is 0 Å². The highest BCUT2D eigenvalue weighted by molar-refractivity contribution is 6.31. The van der Waals surface area contributed by atoms with Crippen molar-refractivity contribution in [3.63, 3.8) is 0 Å². The fraction of sp³-hybridized carbons (Fsp3) is 0.263. The zero-order valence-electron chi connectivity index (χ0n) is 15.9. The van der Waals surface area contributed by atoms with E-state index in [0.717, 1.165) is 0 Å². The number of fused-ring (bicyclic) bond motifs is 1. The van der Waals surface area contributed by atoms with Gasteiger partial charge in [-0.1, -0.05) is 11.6 Å². The maximum Gasteiger partial charge on any atom is 0.255 e. The molecule has 0 aliphatic carbocycles. The molecule has 9 heteroatoms. The van der Waals surface area contributed by atoms with E-state index in [0.29, 0.717) is 45.2 Å². The first-order valence-corrected chi connectivity index (χ1v) is 9.07. The highest BCUT2D eigenvalue weighted by Crippen LogP contribution is 2.24. The molecule has 0 saturated heterocycles. The van der Waals surface area contributed by atoms with Gasteiger partial charge in [-0.15, -0.1) is 0 Å². The number of hydrogen-bond donors (Lipinski definition) is 5. The molecule has 146 valence electrons. The highest BCUT2D eigenvalue weighted by atomic mass is 35.5. The monoisotopic (exact) mass is 399 g/mol. The molecule has 1 amide bonds. The lowest BCUT2D eigenvalue weighted by Crippen LogP contribution is -2.48. The van der Waals surface area contributed by atoms with Gasteiger partial charge in [-0.2, -0.15) is 0 Å². The van der Waals surface area contributed by atoms with Crippen LogP contribution in [-0.2, 0) is 0 Å². The van der Waals surface area contributed by atoms with Crippen molar-refractivity contribution in [1.29, 1.82) is 5.41 Å². The van der Waals surface area contributed by atoms with Crippen molar-refractivity contribution >= 4 is 40.1 Å². The molecule has 28 heavy (non-hydrogen) atoms. The number of aromatic amines is 1. The van der Waals surface area contributed by atoms with Crippen LogP contribution in [0.15, 0.2) is 30.6 Å². The largest absolute Gasteiger partial charge is 0.388 e. The van der Waals surface area contributed by atoms with Crippen LogP contribution in [0.1, 0.15) is 35.5 Å². The Hall–Kier alpha value is -2.97. The van der Waals surface area contributed by atoms with Crippen LogP contribution in [0.3, 0.4) is 0 Å². The normalized spacial score (nSPS) is 11.5. The second kappa shape index (κ2) is 7.57. The van der Waals surface area contributed by atoms with Crippen LogP contribution in [0, 0.1) is 5.41 Å². The lowest BCUT2D eigenvalue weighted by atomic mass is 10.0. The number of amides is 1. The first kappa shape index (κ1) is 19.8. The summed E-state index contributed by atoms with van der Waals surface area (Å²) in [5.74, 6) is -0.304. The minimum atomic E-state index is -0.552. The fourth-order valence-corrected chi connectivity index (χ4v) is 2.86. The summed E-state index contributed by atoms with van der Waals surface area (Å²) < 4.78 is 0. The Balaban J connectivity index is 2.01. The first-order chi connectivity index (χ1) is 13.3. The predicted octanol–water partition coefficient (Wildman–Crippen LogP) is 2.54. The van der Waals surface area contributed by atoms with Gasteiger partial charge in [0, 0.05) is 41.6 Å². The van der Waals surface area contributed by atoms with Crippen LogP contribution in [0.5, 0.6) is 0 Å². The van der Waals surface area contributed by atoms with Crippen LogP contribution in [0.2, 0.25) is 5.02 Å². The molecule has 3 aromatic rings. The molecule has 0 unspecified atom stereocenters. The van der Waals surface area contributed by atoms with Gasteiger partial charge in [-0.25, -0.2) is 9.97 Å². The minimum absolute atomic E-state index is 0.172. The standard InChI is InChI=1S/C19H22ClN7O/c1-19(2,9-21)27-18(28)12-7-24-17-16(12)26-14(8-25-17)15(22)11-5-4-10(20)6-13(11)23-3/h4-8,22-23H,9,21H2,1-3H3,(H,24,25)(H,27,28). The van der Waals surface area contributed by atoms with E-state index in [-0.39, 0.29) is 11.6 Å². The number of hydrogen-bond acceptors (Lipinski definition) is 6. The molecule has 0 aliphatic rings. The second-order valence-corrected chi connectivity index (χ2v) is 7.45. The summed E-state index contributed by atoms with van der Waals surface area (Å²) in [6, 6.07) is 5.20. The van der Waals surface area contributed by atoms with Gasteiger partial charge in [0.15, 0.2) is 5.65 Å². The Morgan fingerprint density at radius 2 is 2.11 bits per heavy atom. The minimum Gasteiger partial charge on any atom is -0.388 e. The Labute approximate surface area is 167 Å². The Bertz CT molecular complexity index is 1060. The topological polar surface area (TPSA) is 133 Å². The number of H-pyrrole nitrogens is 1. The molecule has 0 fully saturated rings. The lowest BCUT2D eigenvalue weighted by Gasteiger charge is -2.23. The SMILES string of the molecule is CNc1cc(Cl)ccc1C(=N)c1cnc2[nH]cc(C(=O)NC(C)(C)CN)c2n1. The van der Waals surface area contributed by atoms with Crippen molar-refractivity contribution in [3.05, 3.63) is 52.4 Å². The predicted molar refractivity (Wildman–Crippen MR) is 111 cm³/mol. The number of rotatable bonds is 6. The number of nitrogens with one attached hydrogen (secondary N) is 4. The van der Waals surface area contributed by atoms with Crippen molar-refractivity contribution in [2.45, 2.75) is 19.4 Å². The van der Waals surface area contributed by atoms with Gasteiger partial charge in [0.25, 0.3) is 5.91 Å². The van der Waals surface area contributed by atoms with Crippen LogP contribution < -0.4 is 16.4 Å². The van der Waals surface area contributed by atoms with Crippen molar-refractivity contribution in [3.8, 4) is 0 Å².